The van der Waals surface area contributed by atoms with Gasteiger partial charge in [0, 0.05) is 30.9 Å². The third-order valence-electron chi connectivity index (χ3n) is 3.45. The van der Waals surface area contributed by atoms with Gasteiger partial charge in [0.05, 0.1) is 0 Å². The zero-order valence-corrected chi connectivity index (χ0v) is 11.5. The molecule has 1 aromatic carbocycles. The molecule has 2 rings (SSSR count). The fraction of sp³-hybridized carbons (Fsp3) is 0.533. The lowest BCUT2D eigenvalue weighted by molar-refractivity contribution is 0.0784. The molecule has 0 aliphatic heterocycles. The molecule has 0 bridgehead atoms. The van der Waals surface area contributed by atoms with Gasteiger partial charge >= 0.3 is 0 Å². The lowest BCUT2D eigenvalue weighted by atomic mass is 10.1. The Kier molecular flexibility index (Phi) is 3.90. The van der Waals surface area contributed by atoms with E-state index in [0.29, 0.717) is 6.04 Å². The van der Waals surface area contributed by atoms with Gasteiger partial charge in [-0.15, -0.1) is 0 Å². The highest BCUT2D eigenvalue weighted by atomic mass is 16.2. The van der Waals surface area contributed by atoms with Crippen LogP contribution in [0.2, 0.25) is 0 Å². The quantitative estimate of drug-likeness (QED) is 0.866. The third kappa shape index (κ3) is 2.84. The van der Waals surface area contributed by atoms with Crippen LogP contribution in [0.15, 0.2) is 18.2 Å². The Morgan fingerprint density at radius 2 is 2.17 bits per heavy atom. The number of rotatable bonds is 5. The van der Waals surface area contributed by atoms with E-state index in [1.165, 1.54) is 0 Å². The van der Waals surface area contributed by atoms with Crippen LogP contribution in [0, 0.1) is 6.92 Å². The molecule has 18 heavy (non-hydrogen) atoms. The molecule has 3 heteroatoms. The standard InChI is InChI=1S/C15H22N2O/c1-4-9-16-12-5-8-14(11(2)10-12)15(18)17(3)13-6-7-13/h5,8,10,13,16H,4,6-7,9H2,1-3H3. The van der Waals surface area contributed by atoms with Crippen LogP contribution in [0.25, 0.3) is 0 Å². The van der Waals surface area contributed by atoms with E-state index in [-0.39, 0.29) is 5.91 Å². The van der Waals surface area contributed by atoms with Crippen LogP contribution in [-0.4, -0.2) is 30.4 Å². The van der Waals surface area contributed by atoms with Gasteiger partial charge in [-0.3, -0.25) is 4.79 Å². The summed E-state index contributed by atoms with van der Waals surface area (Å²) >= 11 is 0. The summed E-state index contributed by atoms with van der Waals surface area (Å²) in [6, 6.07) is 6.46. The largest absolute Gasteiger partial charge is 0.385 e. The number of carbonyl (C=O) groups excluding carboxylic acids is 1. The number of carbonyl (C=O) groups is 1. The second-order valence-electron chi connectivity index (χ2n) is 5.10. The smallest absolute Gasteiger partial charge is 0.254 e. The first kappa shape index (κ1) is 12.9. The van der Waals surface area contributed by atoms with Crippen molar-refractivity contribution >= 4 is 11.6 Å². The number of nitrogens with zero attached hydrogens (tertiary/aromatic N) is 1. The fourth-order valence-corrected chi connectivity index (χ4v) is 2.10. The summed E-state index contributed by atoms with van der Waals surface area (Å²) in [5.74, 6) is 0.150. The predicted octanol–water partition coefficient (Wildman–Crippen LogP) is 3.05. The van der Waals surface area contributed by atoms with Crippen LogP contribution >= 0.6 is 0 Å². The topological polar surface area (TPSA) is 32.3 Å². The Morgan fingerprint density at radius 3 is 2.72 bits per heavy atom. The number of hydrogen-bond donors (Lipinski definition) is 1. The number of aryl methyl sites for hydroxylation is 1. The van der Waals surface area contributed by atoms with Crippen LogP contribution in [0.4, 0.5) is 5.69 Å². The Balaban J connectivity index is 2.10. The minimum absolute atomic E-state index is 0.150. The molecule has 0 atom stereocenters. The first-order chi connectivity index (χ1) is 8.63. The summed E-state index contributed by atoms with van der Waals surface area (Å²) < 4.78 is 0. The van der Waals surface area contributed by atoms with Crippen molar-refractivity contribution in [2.75, 3.05) is 18.9 Å². The molecule has 1 amide bonds. The van der Waals surface area contributed by atoms with Crippen molar-refractivity contribution in [2.24, 2.45) is 0 Å². The molecule has 1 aliphatic rings. The van der Waals surface area contributed by atoms with E-state index in [0.717, 1.165) is 42.6 Å². The first-order valence-corrected chi connectivity index (χ1v) is 6.75. The van der Waals surface area contributed by atoms with Gasteiger partial charge in [0.15, 0.2) is 0 Å². The molecule has 1 aromatic rings. The maximum absolute atomic E-state index is 12.3. The van der Waals surface area contributed by atoms with Crippen molar-refractivity contribution in [3.63, 3.8) is 0 Å². The van der Waals surface area contributed by atoms with Gasteiger partial charge in [0.2, 0.25) is 0 Å². The maximum atomic E-state index is 12.3. The molecule has 0 saturated heterocycles. The van der Waals surface area contributed by atoms with Crippen molar-refractivity contribution in [1.82, 2.24) is 4.90 Å². The van der Waals surface area contributed by atoms with E-state index < -0.39 is 0 Å². The number of benzene rings is 1. The molecule has 0 unspecified atom stereocenters. The highest BCUT2D eigenvalue weighted by molar-refractivity contribution is 5.96. The summed E-state index contributed by atoms with van der Waals surface area (Å²) in [6.07, 6.45) is 3.40. The molecule has 1 fully saturated rings. The van der Waals surface area contributed by atoms with Crippen molar-refractivity contribution in [2.45, 2.75) is 39.2 Å². The molecule has 0 aromatic heterocycles. The molecule has 0 spiro atoms. The minimum Gasteiger partial charge on any atom is -0.385 e. The van der Waals surface area contributed by atoms with Crippen LogP contribution in [0.3, 0.4) is 0 Å². The van der Waals surface area contributed by atoms with Gasteiger partial charge in [-0.2, -0.15) is 0 Å². The van der Waals surface area contributed by atoms with Gasteiger partial charge < -0.3 is 10.2 Å². The van der Waals surface area contributed by atoms with Gasteiger partial charge in [0.1, 0.15) is 0 Å². The normalized spacial score (nSPS) is 14.4. The van der Waals surface area contributed by atoms with E-state index in [9.17, 15) is 4.79 Å². The molecule has 98 valence electrons. The molecule has 3 nitrogen and oxygen atoms in total. The van der Waals surface area contributed by atoms with E-state index in [4.69, 9.17) is 0 Å². The molecule has 1 saturated carbocycles. The molecule has 1 aliphatic carbocycles. The van der Waals surface area contributed by atoms with E-state index in [1.54, 1.807) is 0 Å². The molecule has 1 N–H and O–H groups in total. The van der Waals surface area contributed by atoms with Crippen molar-refractivity contribution in [3.05, 3.63) is 29.3 Å². The van der Waals surface area contributed by atoms with E-state index in [1.807, 2.05) is 31.0 Å². The number of hydrogen-bond acceptors (Lipinski definition) is 2. The Hall–Kier alpha value is -1.51. The average Bonchev–Trinajstić information content (AvgIpc) is 3.19. The summed E-state index contributed by atoms with van der Waals surface area (Å²) in [5, 5.41) is 3.34. The number of amides is 1. The monoisotopic (exact) mass is 246 g/mol. The van der Waals surface area contributed by atoms with E-state index >= 15 is 0 Å². The molecular formula is C15H22N2O. The van der Waals surface area contributed by atoms with Crippen LogP contribution in [-0.2, 0) is 0 Å². The SMILES string of the molecule is CCCNc1ccc(C(=O)N(C)C2CC2)c(C)c1. The average molecular weight is 246 g/mol. The zero-order valence-electron chi connectivity index (χ0n) is 11.5. The lowest BCUT2D eigenvalue weighted by Crippen LogP contribution is -2.29. The number of nitrogens with one attached hydrogen (secondary N) is 1. The van der Waals surface area contributed by atoms with Crippen molar-refractivity contribution in [1.29, 1.82) is 0 Å². The summed E-state index contributed by atoms with van der Waals surface area (Å²) in [5.41, 5.74) is 2.97. The van der Waals surface area contributed by atoms with Crippen molar-refractivity contribution in [3.8, 4) is 0 Å². The molecule has 0 heterocycles. The first-order valence-electron chi connectivity index (χ1n) is 6.75. The second-order valence-corrected chi connectivity index (χ2v) is 5.10. The van der Waals surface area contributed by atoms with Crippen LogP contribution in [0.5, 0.6) is 0 Å². The lowest BCUT2D eigenvalue weighted by Gasteiger charge is -2.18. The van der Waals surface area contributed by atoms with Gasteiger partial charge in [0.25, 0.3) is 5.91 Å². The summed E-state index contributed by atoms with van der Waals surface area (Å²) in [7, 11) is 1.91. The zero-order chi connectivity index (χ0) is 13.1. The van der Waals surface area contributed by atoms with Crippen LogP contribution < -0.4 is 5.32 Å². The van der Waals surface area contributed by atoms with Gasteiger partial charge in [-0.1, -0.05) is 6.92 Å². The third-order valence-corrected chi connectivity index (χ3v) is 3.45. The highest BCUT2D eigenvalue weighted by Crippen LogP contribution is 2.27. The van der Waals surface area contributed by atoms with Crippen molar-refractivity contribution < 1.29 is 4.79 Å². The van der Waals surface area contributed by atoms with Gasteiger partial charge in [-0.25, -0.2) is 0 Å². The Labute approximate surface area is 109 Å². The maximum Gasteiger partial charge on any atom is 0.254 e. The Morgan fingerprint density at radius 1 is 1.44 bits per heavy atom. The fourth-order valence-electron chi connectivity index (χ4n) is 2.10. The summed E-state index contributed by atoms with van der Waals surface area (Å²) in [6.45, 7) is 5.11. The number of anilines is 1. The molecular weight excluding hydrogens is 224 g/mol. The highest BCUT2D eigenvalue weighted by Gasteiger charge is 2.30. The summed E-state index contributed by atoms with van der Waals surface area (Å²) in [4.78, 5) is 14.2. The van der Waals surface area contributed by atoms with Gasteiger partial charge in [-0.05, 0) is 49.9 Å². The molecule has 0 radical (unpaired) electrons. The minimum atomic E-state index is 0.150. The predicted molar refractivity (Wildman–Crippen MR) is 75.1 cm³/mol. The second kappa shape index (κ2) is 5.42. The Bertz CT molecular complexity index is 438. The van der Waals surface area contributed by atoms with Crippen LogP contribution in [0.1, 0.15) is 42.1 Å². The van der Waals surface area contributed by atoms with E-state index in [2.05, 4.69) is 18.3 Å².